The van der Waals surface area contributed by atoms with Gasteiger partial charge < -0.3 is 10.1 Å². The van der Waals surface area contributed by atoms with Crippen molar-refractivity contribution >= 4 is 0 Å². The molecule has 1 aliphatic carbocycles. The molecule has 20 heavy (non-hydrogen) atoms. The Balaban J connectivity index is 2.00. The molecule has 1 aromatic rings. The van der Waals surface area contributed by atoms with Crippen molar-refractivity contribution in [2.75, 3.05) is 13.2 Å². The minimum Gasteiger partial charge on any atom is -0.493 e. The van der Waals surface area contributed by atoms with E-state index in [0.717, 1.165) is 18.9 Å². The molecule has 2 rings (SSSR count). The van der Waals surface area contributed by atoms with Gasteiger partial charge in [0, 0.05) is 6.04 Å². The van der Waals surface area contributed by atoms with Gasteiger partial charge in [-0.2, -0.15) is 0 Å². The van der Waals surface area contributed by atoms with Crippen LogP contribution in [0.5, 0.6) is 5.75 Å². The van der Waals surface area contributed by atoms with E-state index in [-0.39, 0.29) is 0 Å². The number of rotatable bonds is 7. The van der Waals surface area contributed by atoms with Crippen LogP contribution in [-0.4, -0.2) is 13.2 Å². The van der Waals surface area contributed by atoms with E-state index in [0.29, 0.717) is 12.0 Å². The molecule has 0 fully saturated rings. The van der Waals surface area contributed by atoms with Gasteiger partial charge in [0.15, 0.2) is 0 Å². The number of ether oxygens (including phenoxy) is 1. The van der Waals surface area contributed by atoms with Gasteiger partial charge in [0.25, 0.3) is 0 Å². The van der Waals surface area contributed by atoms with E-state index in [1.807, 2.05) is 0 Å². The SMILES string of the molecule is CCCC(C)COc1ccc2c(c1)CCCC2NCC. The largest absolute Gasteiger partial charge is 0.493 e. The average Bonchev–Trinajstić information content (AvgIpc) is 2.46. The van der Waals surface area contributed by atoms with Gasteiger partial charge in [0.1, 0.15) is 5.75 Å². The van der Waals surface area contributed by atoms with Crippen LogP contribution in [0.3, 0.4) is 0 Å². The van der Waals surface area contributed by atoms with Crippen molar-refractivity contribution in [3.8, 4) is 5.75 Å². The van der Waals surface area contributed by atoms with Gasteiger partial charge in [-0.25, -0.2) is 0 Å². The molecule has 0 heterocycles. The summed E-state index contributed by atoms with van der Waals surface area (Å²) in [6.45, 7) is 8.56. The molecule has 112 valence electrons. The van der Waals surface area contributed by atoms with E-state index in [2.05, 4.69) is 44.3 Å². The van der Waals surface area contributed by atoms with Crippen molar-refractivity contribution in [2.45, 2.75) is 58.9 Å². The van der Waals surface area contributed by atoms with Crippen LogP contribution in [0, 0.1) is 5.92 Å². The van der Waals surface area contributed by atoms with Crippen LogP contribution in [0.1, 0.15) is 63.6 Å². The Bertz CT molecular complexity index is 416. The second kappa shape index (κ2) is 7.68. The first-order chi connectivity index (χ1) is 9.74. The minimum atomic E-state index is 0.539. The summed E-state index contributed by atoms with van der Waals surface area (Å²) in [4.78, 5) is 0. The molecule has 0 spiro atoms. The van der Waals surface area contributed by atoms with Crippen LogP contribution in [0.2, 0.25) is 0 Å². The van der Waals surface area contributed by atoms with E-state index in [1.165, 1.54) is 43.2 Å². The lowest BCUT2D eigenvalue weighted by Crippen LogP contribution is -2.24. The van der Waals surface area contributed by atoms with Crippen LogP contribution >= 0.6 is 0 Å². The van der Waals surface area contributed by atoms with Crippen molar-refractivity contribution in [1.82, 2.24) is 5.32 Å². The van der Waals surface area contributed by atoms with Gasteiger partial charge in [0.05, 0.1) is 6.61 Å². The Morgan fingerprint density at radius 1 is 1.35 bits per heavy atom. The smallest absolute Gasteiger partial charge is 0.119 e. The molecule has 1 N–H and O–H groups in total. The summed E-state index contributed by atoms with van der Waals surface area (Å²) in [5.74, 6) is 1.69. The summed E-state index contributed by atoms with van der Waals surface area (Å²) < 4.78 is 5.96. The molecule has 0 saturated carbocycles. The van der Waals surface area contributed by atoms with Crippen molar-refractivity contribution in [3.05, 3.63) is 29.3 Å². The number of hydrogen-bond donors (Lipinski definition) is 1. The first-order valence-corrected chi connectivity index (χ1v) is 8.23. The molecule has 0 saturated heterocycles. The Kier molecular flexibility index (Phi) is 5.90. The molecule has 2 nitrogen and oxygen atoms in total. The molecule has 1 aromatic carbocycles. The third-order valence-electron chi connectivity index (χ3n) is 4.20. The zero-order chi connectivity index (χ0) is 14.4. The van der Waals surface area contributed by atoms with Crippen LogP contribution < -0.4 is 10.1 Å². The average molecular weight is 275 g/mol. The van der Waals surface area contributed by atoms with Crippen LogP contribution in [0.15, 0.2) is 18.2 Å². The summed E-state index contributed by atoms with van der Waals surface area (Å²) in [5, 5.41) is 3.59. The van der Waals surface area contributed by atoms with E-state index >= 15 is 0 Å². The Hall–Kier alpha value is -1.02. The van der Waals surface area contributed by atoms with E-state index < -0.39 is 0 Å². The maximum Gasteiger partial charge on any atom is 0.119 e. The van der Waals surface area contributed by atoms with Crippen molar-refractivity contribution in [3.63, 3.8) is 0 Å². The summed E-state index contributed by atoms with van der Waals surface area (Å²) in [6.07, 6.45) is 6.21. The molecule has 0 aliphatic heterocycles. The highest BCUT2D eigenvalue weighted by Crippen LogP contribution is 2.32. The topological polar surface area (TPSA) is 21.3 Å². The lowest BCUT2D eigenvalue weighted by molar-refractivity contribution is 0.251. The van der Waals surface area contributed by atoms with Gasteiger partial charge in [-0.1, -0.05) is 33.3 Å². The fourth-order valence-corrected chi connectivity index (χ4v) is 3.15. The molecular weight excluding hydrogens is 246 g/mol. The van der Waals surface area contributed by atoms with Gasteiger partial charge in [-0.3, -0.25) is 0 Å². The molecule has 0 amide bonds. The molecule has 0 aromatic heterocycles. The molecular formula is C18H29NO. The second-order valence-corrected chi connectivity index (χ2v) is 6.07. The minimum absolute atomic E-state index is 0.539. The van der Waals surface area contributed by atoms with Gasteiger partial charge >= 0.3 is 0 Å². The molecule has 1 aliphatic rings. The lowest BCUT2D eigenvalue weighted by Gasteiger charge is -2.26. The fourth-order valence-electron chi connectivity index (χ4n) is 3.15. The predicted molar refractivity (Wildman–Crippen MR) is 85.4 cm³/mol. The molecule has 0 radical (unpaired) electrons. The summed E-state index contributed by atoms with van der Waals surface area (Å²) in [5.41, 5.74) is 2.95. The van der Waals surface area contributed by atoms with Crippen LogP contribution in [0.4, 0.5) is 0 Å². The zero-order valence-corrected chi connectivity index (χ0v) is 13.2. The van der Waals surface area contributed by atoms with E-state index in [9.17, 15) is 0 Å². The highest BCUT2D eigenvalue weighted by molar-refractivity contribution is 5.39. The maximum absolute atomic E-state index is 5.96. The normalized spacial score (nSPS) is 19.4. The lowest BCUT2D eigenvalue weighted by atomic mass is 9.87. The van der Waals surface area contributed by atoms with Crippen LogP contribution in [-0.2, 0) is 6.42 Å². The van der Waals surface area contributed by atoms with Crippen LogP contribution in [0.25, 0.3) is 0 Å². The second-order valence-electron chi connectivity index (χ2n) is 6.07. The Labute approximate surface area is 123 Å². The Morgan fingerprint density at radius 3 is 2.95 bits per heavy atom. The van der Waals surface area contributed by atoms with E-state index in [1.54, 1.807) is 0 Å². The third-order valence-corrected chi connectivity index (χ3v) is 4.20. The number of nitrogens with one attached hydrogen (secondary N) is 1. The monoisotopic (exact) mass is 275 g/mol. The quantitative estimate of drug-likeness (QED) is 0.791. The van der Waals surface area contributed by atoms with Crippen molar-refractivity contribution in [2.24, 2.45) is 5.92 Å². The predicted octanol–water partition coefficient (Wildman–Crippen LogP) is 4.49. The van der Waals surface area contributed by atoms with Gasteiger partial charge in [-0.15, -0.1) is 0 Å². The summed E-state index contributed by atoms with van der Waals surface area (Å²) in [7, 11) is 0. The molecule has 2 heteroatoms. The highest BCUT2D eigenvalue weighted by Gasteiger charge is 2.19. The summed E-state index contributed by atoms with van der Waals surface area (Å²) in [6, 6.07) is 7.21. The number of aryl methyl sites for hydroxylation is 1. The maximum atomic E-state index is 5.96. The van der Waals surface area contributed by atoms with Crippen molar-refractivity contribution in [1.29, 1.82) is 0 Å². The van der Waals surface area contributed by atoms with Gasteiger partial charge in [0.2, 0.25) is 0 Å². The molecule has 2 unspecified atom stereocenters. The first-order valence-electron chi connectivity index (χ1n) is 8.23. The number of hydrogen-bond acceptors (Lipinski definition) is 2. The number of fused-ring (bicyclic) bond motifs is 1. The standard InChI is InChI=1S/C18H29NO/c1-4-7-14(3)13-20-16-10-11-17-15(12-16)8-6-9-18(17)19-5-2/h10-12,14,18-19H,4-9,13H2,1-3H3. The molecule has 2 atom stereocenters. The molecule has 0 bridgehead atoms. The highest BCUT2D eigenvalue weighted by atomic mass is 16.5. The fraction of sp³-hybridized carbons (Fsp3) is 0.667. The third kappa shape index (κ3) is 3.99. The van der Waals surface area contributed by atoms with E-state index in [4.69, 9.17) is 4.74 Å². The van der Waals surface area contributed by atoms with Gasteiger partial charge in [-0.05, 0) is 61.4 Å². The number of benzene rings is 1. The van der Waals surface area contributed by atoms with Crippen molar-refractivity contribution < 1.29 is 4.74 Å². The zero-order valence-electron chi connectivity index (χ0n) is 13.2. The summed E-state index contributed by atoms with van der Waals surface area (Å²) >= 11 is 0. The Morgan fingerprint density at radius 2 is 2.20 bits per heavy atom. The first kappa shape index (κ1) is 15.4.